The van der Waals surface area contributed by atoms with Crippen LogP contribution in [0.1, 0.15) is 39.5 Å². The monoisotopic (exact) mass is 528 g/mol. The maximum absolute atomic E-state index is 12.6. The van der Waals surface area contributed by atoms with Crippen LogP contribution in [-0.2, 0) is 21.6 Å². The Balaban J connectivity index is 1.25. The number of hydrogen-bond acceptors (Lipinski definition) is 7. The van der Waals surface area contributed by atoms with Crippen LogP contribution in [0.3, 0.4) is 0 Å². The van der Waals surface area contributed by atoms with Crippen LogP contribution in [0.2, 0.25) is 0 Å². The van der Waals surface area contributed by atoms with Crippen LogP contribution in [0.4, 0.5) is 10.5 Å². The second kappa shape index (κ2) is 9.07. The quantitative estimate of drug-likeness (QED) is 0.247. The summed E-state index contributed by atoms with van der Waals surface area (Å²) in [4.78, 5) is 30.2. The first-order valence-electron chi connectivity index (χ1n) is 11.6. The van der Waals surface area contributed by atoms with E-state index in [9.17, 15) is 14.7 Å². The number of nitrogens with zero attached hydrogens (tertiary/aromatic N) is 1. The number of fused-ring (bicyclic) bond motifs is 2. The van der Waals surface area contributed by atoms with Crippen molar-refractivity contribution in [3.05, 3.63) is 81.4 Å². The molecule has 37 heavy (non-hydrogen) atoms. The maximum atomic E-state index is 12.6. The van der Waals surface area contributed by atoms with Crippen molar-refractivity contribution >= 4 is 60.9 Å². The van der Waals surface area contributed by atoms with E-state index in [1.165, 1.54) is 22.7 Å². The van der Waals surface area contributed by atoms with Crippen molar-refractivity contribution in [1.82, 2.24) is 4.98 Å². The van der Waals surface area contributed by atoms with E-state index in [4.69, 9.17) is 9.15 Å². The van der Waals surface area contributed by atoms with Gasteiger partial charge in [-0.25, -0.2) is 9.78 Å². The fourth-order valence-corrected chi connectivity index (χ4v) is 6.68. The lowest BCUT2D eigenvalue weighted by Gasteiger charge is -2.08. The first kappa shape index (κ1) is 23.3. The summed E-state index contributed by atoms with van der Waals surface area (Å²) >= 11 is 3.03. The van der Waals surface area contributed by atoms with Crippen LogP contribution >= 0.6 is 22.7 Å². The van der Waals surface area contributed by atoms with E-state index in [1.807, 2.05) is 43.3 Å². The molecular formula is C28H20N2O5S2. The normalized spacial score (nSPS) is 13.8. The highest BCUT2D eigenvalue weighted by Crippen LogP contribution is 2.52. The van der Waals surface area contributed by atoms with E-state index < -0.39 is 17.5 Å². The number of thiophene rings is 2. The van der Waals surface area contributed by atoms with Gasteiger partial charge in [-0.3, -0.25) is 10.1 Å². The molecule has 0 unspecified atom stereocenters. The van der Waals surface area contributed by atoms with Crippen molar-refractivity contribution in [1.29, 1.82) is 0 Å². The Bertz CT molecular complexity index is 1710. The van der Waals surface area contributed by atoms with Gasteiger partial charge in [0.1, 0.15) is 17.7 Å². The van der Waals surface area contributed by atoms with Crippen LogP contribution in [0.15, 0.2) is 59.1 Å². The van der Waals surface area contributed by atoms with Gasteiger partial charge in [0.25, 0.3) is 0 Å². The van der Waals surface area contributed by atoms with Crippen LogP contribution < -0.4 is 5.32 Å². The third-order valence-electron chi connectivity index (χ3n) is 6.46. The number of rotatable bonds is 5. The molecule has 184 valence electrons. The molecule has 1 fully saturated rings. The zero-order chi connectivity index (χ0) is 25.6. The predicted octanol–water partition coefficient (Wildman–Crippen LogP) is 6.68. The van der Waals surface area contributed by atoms with E-state index in [0.717, 1.165) is 30.3 Å². The van der Waals surface area contributed by atoms with Crippen molar-refractivity contribution in [3.8, 4) is 11.8 Å². The molecule has 0 bridgehead atoms. The van der Waals surface area contributed by atoms with Gasteiger partial charge < -0.3 is 14.3 Å². The van der Waals surface area contributed by atoms with Gasteiger partial charge in [0, 0.05) is 16.5 Å². The molecule has 7 nitrogen and oxygen atoms in total. The average molecular weight is 529 g/mol. The van der Waals surface area contributed by atoms with Crippen LogP contribution in [0.5, 0.6) is 0 Å². The Morgan fingerprint density at radius 1 is 1.16 bits per heavy atom. The minimum absolute atomic E-state index is 0.143. The van der Waals surface area contributed by atoms with Gasteiger partial charge in [-0.15, -0.1) is 22.7 Å². The number of hydrogen-bond donors (Lipinski definition) is 2. The van der Waals surface area contributed by atoms with E-state index in [2.05, 4.69) is 22.1 Å². The van der Waals surface area contributed by atoms with Gasteiger partial charge in [0.05, 0.1) is 14.3 Å². The molecule has 1 saturated carbocycles. The molecule has 0 spiro atoms. The Labute approximate surface area is 219 Å². The van der Waals surface area contributed by atoms with Crippen molar-refractivity contribution in [2.45, 2.75) is 31.8 Å². The topological polar surface area (TPSA) is 102 Å². The summed E-state index contributed by atoms with van der Waals surface area (Å²) in [6.45, 7) is 2.11. The third-order valence-corrected chi connectivity index (χ3v) is 8.97. The van der Waals surface area contributed by atoms with Gasteiger partial charge in [-0.2, -0.15) is 0 Å². The number of pyridine rings is 1. The summed E-state index contributed by atoms with van der Waals surface area (Å²) < 4.78 is 12.3. The first-order chi connectivity index (χ1) is 17.9. The molecule has 4 aromatic heterocycles. The number of aliphatic carboxylic acids is 1. The summed E-state index contributed by atoms with van der Waals surface area (Å²) in [5, 5.41) is 14.0. The number of carboxylic acids is 1. The molecule has 0 radical (unpaired) electrons. The Morgan fingerprint density at radius 2 is 2.00 bits per heavy atom. The highest BCUT2D eigenvalue weighted by Gasteiger charge is 2.53. The van der Waals surface area contributed by atoms with Crippen molar-refractivity contribution in [3.63, 3.8) is 0 Å². The maximum Gasteiger partial charge on any atom is 0.412 e. The summed E-state index contributed by atoms with van der Waals surface area (Å²) in [5.74, 6) is 5.67. The van der Waals surface area contributed by atoms with Gasteiger partial charge in [-0.05, 0) is 67.0 Å². The number of carbonyl (C=O) groups excluding carboxylic acids is 1. The summed E-state index contributed by atoms with van der Waals surface area (Å²) in [6.07, 6.45) is 2.37. The average Bonchev–Trinajstić information content (AvgIpc) is 3.32. The number of carboxylic acid groups (broad SMARTS) is 1. The minimum Gasteiger partial charge on any atom is -0.481 e. The van der Waals surface area contributed by atoms with Gasteiger partial charge in [0.15, 0.2) is 0 Å². The number of carbonyl (C=O) groups is 2. The number of benzene rings is 1. The smallest absolute Gasteiger partial charge is 0.412 e. The van der Waals surface area contributed by atoms with Crippen molar-refractivity contribution < 1.29 is 23.8 Å². The second-order valence-corrected chi connectivity index (χ2v) is 11.3. The Kier molecular flexibility index (Phi) is 5.71. The molecule has 6 rings (SSSR count). The highest BCUT2D eigenvalue weighted by molar-refractivity contribution is 7.38. The largest absolute Gasteiger partial charge is 0.481 e. The number of aromatic nitrogens is 1. The minimum atomic E-state index is -0.752. The molecule has 0 saturated heterocycles. The Hall–Kier alpha value is -4.13. The van der Waals surface area contributed by atoms with Crippen molar-refractivity contribution in [2.75, 3.05) is 5.32 Å². The zero-order valence-electron chi connectivity index (χ0n) is 19.7. The molecule has 2 N–H and O–H groups in total. The Morgan fingerprint density at radius 3 is 2.76 bits per heavy atom. The van der Waals surface area contributed by atoms with Crippen LogP contribution in [0.25, 0.3) is 20.5 Å². The van der Waals surface area contributed by atoms with E-state index in [0.29, 0.717) is 29.6 Å². The molecule has 9 heteroatoms. The van der Waals surface area contributed by atoms with Crippen LogP contribution in [0, 0.1) is 18.8 Å². The lowest BCUT2D eigenvalue weighted by atomic mass is 10.1. The molecule has 0 atom stereocenters. The van der Waals surface area contributed by atoms with E-state index in [-0.39, 0.29) is 12.4 Å². The summed E-state index contributed by atoms with van der Waals surface area (Å²) in [7, 11) is 0. The number of anilines is 1. The molecule has 1 aliphatic carbocycles. The SMILES string of the molecule is Cc1ccccc1COC(=O)Nc1c(C#Cc2cc3cc(C4(C(=O)O)CC4)sc3s2)oc2ncccc12. The van der Waals surface area contributed by atoms with Gasteiger partial charge >= 0.3 is 12.1 Å². The second-order valence-electron chi connectivity index (χ2n) is 8.89. The number of amides is 1. The molecule has 1 aliphatic rings. The highest BCUT2D eigenvalue weighted by atomic mass is 32.2. The first-order valence-corrected chi connectivity index (χ1v) is 13.2. The fraction of sp³-hybridized carbons (Fsp3) is 0.179. The summed E-state index contributed by atoms with van der Waals surface area (Å²) in [6, 6.07) is 15.2. The summed E-state index contributed by atoms with van der Waals surface area (Å²) in [5.41, 5.74) is 2.03. The standard InChI is InChI=1S/C28H20N2O5S2/c1-16-5-2-3-6-17(16)15-34-27(33)30-23-20-7-4-12-29-24(20)35-21(23)9-8-19-13-18-14-22(37-25(18)36-19)28(10-11-28)26(31)32/h2-7,12-14H,10-11,15H2,1H3,(H,30,33)(H,31,32). The predicted molar refractivity (Wildman–Crippen MR) is 143 cm³/mol. The third kappa shape index (κ3) is 4.35. The molecule has 4 heterocycles. The van der Waals surface area contributed by atoms with E-state index in [1.54, 1.807) is 18.3 Å². The molecular weight excluding hydrogens is 508 g/mol. The van der Waals surface area contributed by atoms with E-state index >= 15 is 0 Å². The van der Waals surface area contributed by atoms with Gasteiger partial charge in [0.2, 0.25) is 11.5 Å². The number of ether oxygens (including phenoxy) is 1. The molecule has 1 aromatic carbocycles. The van der Waals surface area contributed by atoms with Gasteiger partial charge in [-0.1, -0.05) is 24.3 Å². The lowest BCUT2D eigenvalue weighted by molar-refractivity contribution is -0.139. The molecule has 0 aliphatic heterocycles. The lowest BCUT2D eigenvalue weighted by Crippen LogP contribution is -2.17. The molecule has 1 amide bonds. The van der Waals surface area contributed by atoms with Crippen LogP contribution in [-0.4, -0.2) is 22.2 Å². The number of furan rings is 1. The number of nitrogens with one attached hydrogen (secondary N) is 1. The fourth-order valence-electron chi connectivity index (χ4n) is 4.14. The number of aryl methyl sites for hydroxylation is 1. The van der Waals surface area contributed by atoms with Crippen molar-refractivity contribution in [2.24, 2.45) is 0 Å². The molecule has 5 aromatic rings. The zero-order valence-corrected chi connectivity index (χ0v) is 21.3.